The monoisotopic (exact) mass is 309 g/mol. The number of rotatable bonds is 3. The van der Waals surface area contributed by atoms with E-state index in [1.165, 1.54) is 19.3 Å². The van der Waals surface area contributed by atoms with Crippen molar-refractivity contribution in [3.63, 3.8) is 0 Å². The van der Waals surface area contributed by atoms with Gasteiger partial charge in [0, 0.05) is 18.7 Å². The van der Waals surface area contributed by atoms with Crippen molar-refractivity contribution in [3.8, 4) is 0 Å². The van der Waals surface area contributed by atoms with Crippen LogP contribution in [0.15, 0.2) is 36.5 Å². The Labute approximate surface area is 137 Å². The first-order valence-corrected chi connectivity index (χ1v) is 8.23. The fourth-order valence-corrected chi connectivity index (χ4v) is 2.90. The number of carbonyl (C=O) groups excluding carboxylic acids is 1. The first kappa shape index (κ1) is 15.5. The maximum atomic E-state index is 12.3. The van der Waals surface area contributed by atoms with E-state index in [2.05, 4.69) is 21.3 Å². The molecule has 23 heavy (non-hydrogen) atoms. The lowest BCUT2D eigenvalue weighted by Crippen LogP contribution is -2.29. The van der Waals surface area contributed by atoms with Crippen LogP contribution in [0.4, 0.5) is 11.5 Å². The van der Waals surface area contributed by atoms with Gasteiger partial charge in [0.2, 0.25) is 0 Å². The molecule has 0 atom stereocenters. The molecule has 120 valence electrons. The van der Waals surface area contributed by atoms with Crippen LogP contribution in [0.2, 0.25) is 0 Å². The molecule has 1 N–H and O–H groups in total. The van der Waals surface area contributed by atoms with Gasteiger partial charge >= 0.3 is 0 Å². The first-order valence-electron chi connectivity index (χ1n) is 8.23. The number of nitrogens with one attached hydrogen (secondary N) is 1. The van der Waals surface area contributed by atoms with E-state index in [1.807, 2.05) is 44.3 Å². The number of benzene rings is 1. The Morgan fingerprint density at radius 1 is 1.09 bits per heavy atom. The average molecular weight is 309 g/mol. The fraction of sp³-hybridized carbons (Fsp3) is 0.368. The Morgan fingerprint density at radius 3 is 2.43 bits per heavy atom. The molecule has 0 unspecified atom stereocenters. The highest BCUT2D eigenvalue weighted by Crippen LogP contribution is 2.23. The topological polar surface area (TPSA) is 45.2 Å². The number of piperidine rings is 1. The predicted octanol–water partition coefficient (Wildman–Crippen LogP) is 3.94. The summed E-state index contributed by atoms with van der Waals surface area (Å²) in [4.78, 5) is 19.1. The lowest BCUT2D eigenvalue weighted by Gasteiger charge is -2.28. The van der Waals surface area contributed by atoms with Gasteiger partial charge < -0.3 is 10.2 Å². The molecule has 3 rings (SSSR count). The first-order chi connectivity index (χ1) is 11.1. The van der Waals surface area contributed by atoms with Crippen molar-refractivity contribution in [2.75, 3.05) is 23.3 Å². The van der Waals surface area contributed by atoms with Crippen molar-refractivity contribution in [1.82, 2.24) is 4.98 Å². The van der Waals surface area contributed by atoms with Gasteiger partial charge in [-0.25, -0.2) is 4.98 Å². The van der Waals surface area contributed by atoms with Crippen LogP contribution in [0, 0.1) is 13.8 Å². The molecule has 2 heterocycles. The molecule has 1 aromatic carbocycles. The Balaban J connectivity index is 1.73. The van der Waals surface area contributed by atoms with Gasteiger partial charge in [0.15, 0.2) is 0 Å². The average Bonchev–Trinajstić information content (AvgIpc) is 2.58. The largest absolute Gasteiger partial charge is 0.370 e. The van der Waals surface area contributed by atoms with Crippen molar-refractivity contribution in [2.45, 2.75) is 33.1 Å². The molecule has 1 fully saturated rings. The lowest BCUT2D eigenvalue weighted by molar-refractivity contribution is 0.102. The maximum absolute atomic E-state index is 12.3. The van der Waals surface area contributed by atoms with Crippen molar-refractivity contribution < 1.29 is 4.79 Å². The van der Waals surface area contributed by atoms with Gasteiger partial charge in [0.25, 0.3) is 5.91 Å². The van der Waals surface area contributed by atoms with Crippen LogP contribution in [-0.2, 0) is 0 Å². The summed E-state index contributed by atoms with van der Waals surface area (Å²) in [6, 6.07) is 9.66. The van der Waals surface area contributed by atoms with Crippen LogP contribution in [0.3, 0.4) is 0 Å². The highest BCUT2D eigenvalue weighted by Gasteiger charge is 2.14. The van der Waals surface area contributed by atoms with Gasteiger partial charge in [-0.1, -0.05) is 17.7 Å². The van der Waals surface area contributed by atoms with E-state index in [-0.39, 0.29) is 5.91 Å². The van der Waals surface area contributed by atoms with E-state index in [9.17, 15) is 4.79 Å². The van der Waals surface area contributed by atoms with Crippen LogP contribution in [0.25, 0.3) is 0 Å². The molecule has 2 aromatic rings. The summed E-state index contributed by atoms with van der Waals surface area (Å²) in [6.07, 6.45) is 5.66. The maximum Gasteiger partial charge on any atom is 0.256 e. The third-order valence-electron chi connectivity index (χ3n) is 4.33. The zero-order valence-corrected chi connectivity index (χ0v) is 13.8. The zero-order chi connectivity index (χ0) is 16.2. The highest BCUT2D eigenvalue weighted by molar-refractivity contribution is 6.04. The van der Waals surface area contributed by atoms with Crippen molar-refractivity contribution in [1.29, 1.82) is 0 Å². The SMILES string of the molecule is Cc1ccc(C(=O)Nc2ncc(N3CCCCC3)cc2C)cc1. The summed E-state index contributed by atoms with van der Waals surface area (Å²) in [5, 5.41) is 2.91. The highest BCUT2D eigenvalue weighted by atomic mass is 16.1. The predicted molar refractivity (Wildman–Crippen MR) is 94.2 cm³/mol. The molecule has 0 saturated carbocycles. The molecule has 0 spiro atoms. The number of carbonyl (C=O) groups is 1. The molecule has 4 nitrogen and oxygen atoms in total. The standard InChI is InChI=1S/C19H23N3O/c1-14-6-8-16(9-7-14)19(23)21-18-15(2)12-17(13-20-18)22-10-4-3-5-11-22/h6-9,12-13H,3-5,10-11H2,1-2H3,(H,20,21,23). The molecular weight excluding hydrogens is 286 g/mol. The molecular formula is C19H23N3O. The molecule has 1 aromatic heterocycles. The van der Waals surface area contributed by atoms with Gasteiger partial charge in [-0.2, -0.15) is 0 Å². The number of amides is 1. The molecule has 1 aliphatic rings. The second-order valence-electron chi connectivity index (χ2n) is 6.23. The molecule has 0 radical (unpaired) electrons. The van der Waals surface area contributed by atoms with Crippen LogP contribution < -0.4 is 10.2 Å². The van der Waals surface area contributed by atoms with Crippen molar-refractivity contribution in [2.24, 2.45) is 0 Å². The van der Waals surface area contributed by atoms with E-state index in [0.29, 0.717) is 11.4 Å². The van der Waals surface area contributed by atoms with Crippen LogP contribution in [0.1, 0.15) is 40.7 Å². The summed E-state index contributed by atoms with van der Waals surface area (Å²) in [7, 11) is 0. The van der Waals surface area contributed by atoms with E-state index in [1.54, 1.807) is 0 Å². The second kappa shape index (κ2) is 6.82. The number of aromatic nitrogens is 1. The third-order valence-corrected chi connectivity index (χ3v) is 4.33. The summed E-state index contributed by atoms with van der Waals surface area (Å²) in [6.45, 7) is 6.18. The summed E-state index contributed by atoms with van der Waals surface area (Å²) in [5.74, 6) is 0.516. The fourth-order valence-electron chi connectivity index (χ4n) is 2.90. The van der Waals surface area contributed by atoms with Crippen molar-refractivity contribution >= 4 is 17.4 Å². The Kier molecular flexibility index (Phi) is 4.60. The number of pyridine rings is 1. The molecule has 1 saturated heterocycles. The van der Waals surface area contributed by atoms with Gasteiger partial charge in [-0.15, -0.1) is 0 Å². The molecule has 1 amide bonds. The summed E-state index contributed by atoms with van der Waals surface area (Å²) < 4.78 is 0. The minimum atomic E-state index is -0.119. The van der Waals surface area contributed by atoms with E-state index >= 15 is 0 Å². The Hall–Kier alpha value is -2.36. The quantitative estimate of drug-likeness (QED) is 0.934. The number of hydrogen-bond acceptors (Lipinski definition) is 3. The Bertz CT molecular complexity index is 688. The minimum absolute atomic E-state index is 0.119. The number of anilines is 2. The van der Waals surface area contributed by atoms with Crippen LogP contribution in [-0.4, -0.2) is 24.0 Å². The molecule has 0 bridgehead atoms. The molecule has 0 aliphatic carbocycles. The van der Waals surface area contributed by atoms with Gasteiger partial charge in [0.05, 0.1) is 11.9 Å². The number of hydrogen-bond donors (Lipinski definition) is 1. The summed E-state index contributed by atoms with van der Waals surface area (Å²) in [5.41, 5.74) is 3.93. The van der Waals surface area contributed by atoms with Crippen LogP contribution in [0.5, 0.6) is 0 Å². The lowest BCUT2D eigenvalue weighted by atomic mass is 10.1. The minimum Gasteiger partial charge on any atom is -0.370 e. The Morgan fingerprint density at radius 2 is 1.78 bits per heavy atom. The molecule has 4 heteroatoms. The van der Waals surface area contributed by atoms with E-state index in [0.717, 1.165) is 29.9 Å². The smallest absolute Gasteiger partial charge is 0.256 e. The van der Waals surface area contributed by atoms with Crippen molar-refractivity contribution in [3.05, 3.63) is 53.2 Å². The van der Waals surface area contributed by atoms with E-state index < -0.39 is 0 Å². The van der Waals surface area contributed by atoms with Crippen LogP contribution >= 0.6 is 0 Å². The third kappa shape index (κ3) is 3.70. The zero-order valence-electron chi connectivity index (χ0n) is 13.8. The van der Waals surface area contributed by atoms with Gasteiger partial charge in [0.1, 0.15) is 5.82 Å². The van der Waals surface area contributed by atoms with E-state index in [4.69, 9.17) is 0 Å². The summed E-state index contributed by atoms with van der Waals surface area (Å²) >= 11 is 0. The van der Waals surface area contributed by atoms with Gasteiger partial charge in [-0.3, -0.25) is 4.79 Å². The number of aryl methyl sites for hydroxylation is 2. The number of nitrogens with zero attached hydrogens (tertiary/aromatic N) is 2. The second-order valence-corrected chi connectivity index (χ2v) is 6.23. The molecule has 1 aliphatic heterocycles. The normalized spacial score (nSPS) is 14.6. The van der Waals surface area contributed by atoms with Gasteiger partial charge in [-0.05, 0) is 56.9 Å².